The van der Waals surface area contributed by atoms with Crippen LogP contribution in [0.3, 0.4) is 0 Å². The van der Waals surface area contributed by atoms with E-state index in [2.05, 4.69) is 30.4 Å². The Kier molecular flexibility index (Phi) is 3.70. The van der Waals surface area contributed by atoms with E-state index >= 15 is 0 Å². The predicted octanol–water partition coefficient (Wildman–Crippen LogP) is 4.99. The van der Waals surface area contributed by atoms with Gasteiger partial charge in [-0.2, -0.15) is 0 Å². The van der Waals surface area contributed by atoms with Crippen molar-refractivity contribution in [1.82, 2.24) is 0 Å². The quantitative estimate of drug-likeness (QED) is 0.774. The van der Waals surface area contributed by atoms with Crippen LogP contribution in [0.25, 0.3) is 0 Å². The highest BCUT2D eigenvalue weighted by molar-refractivity contribution is 6.32. The van der Waals surface area contributed by atoms with Gasteiger partial charge in [-0.25, -0.2) is 0 Å². The maximum absolute atomic E-state index is 9.69. The van der Waals surface area contributed by atoms with Gasteiger partial charge in [0.25, 0.3) is 0 Å². The Balaban J connectivity index is 1.78. The Morgan fingerprint density at radius 3 is 2.91 bits per heavy atom. The molecular weight excluding hydrogens is 310 g/mol. The summed E-state index contributed by atoms with van der Waals surface area (Å²) in [5.74, 6) is 0.498. The van der Waals surface area contributed by atoms with Crippen molar-refractivity contribution in [2.24, 2.45) is 5.92 Å². The lowest BCUT2D eigenvalue weighted by Gasteiger charge is -2.43. The van der Waals surface area contributed by atoms with Gasteiger partial charge in [0.15, 0.2) is 0 Å². The summed E-state index contributed by atoms with van der Waals surface area (Å²) in [6, 6.07) is 12.1. The molecule has 2 heterocycles. The van der Waals surface area contributed by atoms with Crippen LogP contribution in [0.15, 0.2) is 36.4 Å². The highest BCUT2D eigenvalue weighted by Crippen LogP contribution is 2.49. The molecule has 120 valence electrons. The number of aryl methyl sites for hydroxylation is 1. The Labute approximate surface area is 141 Å². The number of benzene rings is 2. The highest BCUT2D eigenvalue weighted by atomic mass is 35.5. The van der Waals surface area contributed by atoms with Gasteiger partial charge in [-0.05, 0) is 43.5 Å². The summed E-state index contributed by atoms with van der Waals surface area (Å²) < 4.78 is 6.15. The predicted molar refractivity (Wildman–Crippen MR) is 92.1 cm³/mol. The Hall–Kier alpha value is -1.71. The van der Waals surface area contributed by atoms with Crippen molar-refractivity contribution in [3.8, 4) is 5.75 Å². The Bertz CT molecular complexity index is 746. The van der Waals surface area contributed by atoms with Crippen molar-refractivity contribution in [3.05, 3.63) is 58.1 Å². The molecule has 3 nitrogen and oxygen atoms in total. The highest BCUT2D eigenvalue weighted by Gasteiger charge is 2.39. The zero-order valence-electron chi connectivity index (χ0n) is 13.1. The van der Waals surface area contributed by atoms with Crippen LogP contribution >= 0.6 is 11.6 Å². The molecule has 3 atom stereocenters. The number of hydrogen-bond donors (Lipinski definition) is 2. The third-order valence-corrected chi connectivity index (χ3v) is 5.25. The standard InChI is InChI=1S/C19H20ClNO2/c1-11-4-6-16-14(9-11)19-13(3-2-8-23-19)18(21-16)12-5-7-17(22)15(20)10-12/h4-7,9-10,13,18-19,21-22H,2-3,8H2,1H3/t13-,18?,19-/m0/s1. The second kappa shape index (κ2) is 5.73. The van der Waals surface area contributed by atoms with E-state index in [1.807, 2.05) is 12.1 Å². The number of phenols is 1. The van der Waals surface area contributed by atoms with Gasteiger partial charge in [-0.15, -0.1) is 0 Å². The monoisotopic (exact) mass is 329 g/mol. The van der Waals surface area contributed by atoms with Crippen molar-refractivity contribution in [1.29, 1.82) is 0 Å². The van der Waals surface area contributed by atoms with Gasteiger partial charge in [-0.1, -0.05) is 35.4 Å². The van der Waals surface area contributed by atoms with Crippen LogP contribution in [0.1, 0.15) is 41.7 Å². The van der Waals surface area contributed by atoms with Crippen LogP contribution in [0.4, 0.5) is 5.69 Å². The molecule has 2 aromatic rings. The molecule has 4 rings (SSSR count). The fraction of sp³-hybridized carbons (Fsp3) is 0.368. The summed E-state index contributed by atoms with van der Waals surface area (Å²) >= 11 is 6.12. The van der Waals surface area contributed by atoms with E-state index in [0.29, 0.717) is 10.9 Å². The van der Waals surface area contributed by atoms with E-state index in [4.69, 9.17) is 16.3 Å². The van der Waals surface area contributed by atoms with Crippen LogP contribution in [-0.4, -0.2) is 11.7 Å². The van der Waals surface area contributed by atoms with Gasteiger partial charge < -0.3 is 15.2 Å². The van der Waals surface area contributed by atoms with E-state index in [0.717, 1.165) is 30.7 Å². The summed E-state index contributed by atoms with van der Waals surface area (Å²) in [4.78, 5) is 0. The van der Waals surface area contributed by atoms with Crippen molar-refractivity contribution >= 4 is 17.3 Å². The Morgan fingerprint density at radius 1 is 1.22 bits per heavy atom. The number of aromatic hydroxyl groups is 1. The average Bonchev–Trinajstić information content (AvgIpc) is 2.57. The number of hydrogen-bond acceptors (Lipinski definition) is 3. The first-order valence-electron chi connectivity index (χ1n) is 8.10. The van der Waals surface area contributed by atoms with Gasteiger partial charge in [0, 0.05) is 23.8 Å². The molecule has 0 amide bonds. The minimum atomic E-state index is 0.123. The molecule has 2 aliphatic heterocycles. The maximum atomic E-state index is 9.69. The summed E-state index contributed by atoms with van der Waals surface area (Å²) in [6.07, 6.45) is 2.32. The molecule has 23 heavy (non-hydrogen) atoms. The fourth-order valence-electron chi connectivity index (χ4n) is 3.84. The van der Waals surface area contributed by atoms with Gasteiger partial charge in [0.1, 0.15) is 5.75 Å². The van der Waals surface area contributed by atoms with E-state index < -0.39 is 0 Å². The van der Waals surface area contributed by atoms with Crippen molar-refractivity contribution in [3.63, 3.8) is 0 Å². The molecule has 0 aliphatic carbocycles. The van der Waals surface area contributed by atoms with Crippen molar-refractivity contribution in [2.75, 3.05) is 11.9 Å². The second-order valence-electron chi connectivity index (χ2n) is 6.52. The third-order valence-electron chi connectivity index (χ3n) is 4.95. The van der Waals surface area contributed by atoms with E-state index in [9.17, 15) is 5.11 Å². The third kappa shape index (κ3) is 2.58. The largest absolute Gasteiger partial charge is 0.506 e. The van der Waals surface area contributed by atoms with E-state index in [1.165, 1.54) is 11.1 Å². The number of nitrogens with one attached hydrogen (secondary N) is 1. The molecule has 0 aromatic heterocycles. The zero-order chi connectivity index (χ0) is 16.0. The summed E-state index contributed by atoms with van der Waals surface area (Å²) in [7, 11) is 0. The summed E-state index contributed by atoms with van der Waals surface area (Å²) in [5, 5.41) is 13.7. The zero-order valence-corrected chi connectivity index (χ0v) is 13.8. The topological polar surface area (TPSA) is 41.5 Å². The molecule has 0 bridgehead atoms. The van der Waals surface area contributed by atoms with Gasteiger partial charge in [0.2, 0.25) is 0 Å². The first-order chi connectivity index (χ1) is 11.1. The van der Waals surface area contributed by atoms with Gasteiger partial charge >= 0.3 is 0 Å². The van der Waals surface area contributed by atoms with Crippen LogP contribution in [0, 0.1) is 12.8 Å². The minimum Gasteiger partial charge on any atom is -0.506 e. The smallest absolute Gasteiger partial charge is 0.134 e. The van der Waals surface area contributed by atoms with Gasteiger partial charge in [0.05, 0.1) is 17.2 Å². The molecular formula is C19H20ClNO2. The molecule has 2 aliphatic rings. The van der Waals surface area contributed by atoms with Crippen LogP contribution in [0.2, 0.25) is 5.02 Å². The first kappa shape index (κ1) is 14.9. The lowest BCUT2D eigenvalue weighted by molar-refractivity contribution is -0.0381. The molecule has 0 radical (unpaired) electrons. The number of anilines is 1. The molecule has 0 spiro atoms. The minimum absolute atomic E-state index is 0.123. The molecule has 1 unspecified atom stereocenters. The molecule has 4 heteroatoms. The lowest BCUT2D eigenvalue weighted by atomic mass is 9.77. The molecule has 1 fully saturated rings. The van der Waals surface area contributed by atoms with Crippen molar-refractivity contribution < 1.29 is 9.84 Å². The van der Waals surface area contributed by atoms with Crippen LogP contribution in [0.5, 0.6) is 5.75 Å². The van der Waals surface area contributed by atoms with E-state index in [1.54, 1.807) is 6.07 Å². The SMILES string of the molecule is Cc1ccc2c(c1)[C@H]1OCCC[C@H]1C(c1ccc(O)c(Cl)c1)N2. The fourth-order valence-corrected chi connectivity index (χ4v) is 4.03. The average molecular weight is 330 g/mol. The summed E-state index contributed by atoms with van der Waals surface area (Å²) in [6.45, 7) is 2.93. The normalized spacial score (nSPS) is 26.1. The molecule has 2 aromatic carbocycles. The molecule has 0 saturated carbocycles. The van der Waals surface area contributed by atoms with Crippen LogP contribution < -0.4 is 5.32 Å². The number of ether oxygens (including phenoxy) is 1. The van der Waals surface area contributed by atoms with Crippen LogP contribution in [-0.2, 0) is 4.74 Å². The molecule has 1 saturated heterocycles. The van der Waals surface area contributed by atoms with E-state index in [-0.39, 0.29) is 17.9 Å². The van der Waals surface area contributed by atoms with Crippen molar-refractivity contribution in [2.45, 2.75) is 31.9 Å². The number of halogens is 1. The number of fused-ring (bicyclic) bond motifs is 3. The number of phenolic OH excluding ortho intramolecular Hbond substituents is 1. The number of rotatable bonds is 1. The summed E-state index contributed by atoms with van der Waals surface area (Å²) in [5.41, 5.74) is 4.74. The lowest BCUT2D eigenvalue weighted by Crippen LogP contribution is -2.36. The molecule has 2 N–H and O–H groups in total. The Morgan fingerprint density at radius 2 is 2.09 bits per heavy atom. The first-order valence-corrected chi connectivity index (χ1v) is 8.48. The second-order valence-corrected chi connectivity index (χ2v) is 6.93. The van der Waals surface area contributed by atoms with Gasteiger partial charge in [-0.3, -0.25) is 0 Å². The maximum Gasteiger partial charge on any atom is 0.134 e.